The molecule has 25 heavy (non-hydrogen) atoms. The van der Waals surface area contributed by atoms with Crippen LogP contribution in [-0.2, 0) is 0 Å². The van der Waals surface area contributed by atoms with Crippen LogP contribution in [0.5, 0.6) is 17.2 Å². The fraction of sp³-hybridized carbons (Fsp3) is 0.136. The van der Waals surface area contributed by atoms with Crippen molar-refractivity contribution in [2.45, 2.75) is 12.2 Å². The van der Waals surface area contributed by atoms with Crippen LogP contribution in [0.2, 0.25) is 0 Å². The molecule has 0 heterocycles. The van der Waals surface area contributed by atoms with E-state index in [-0.39, 0.29) is 6.10 Å². The second-order valence-corrected chi connectivity index (χ2v) is 5.56. The zero-order valence-corrected chi connectivity index (χ0v) is 14.0. The van der Waals surface area contributed by atoms with Gasteiger partial charge in [-0.3, -0.25) is 0 Å². The Morgan fingerprint density at radius 3 is 1.56 bits per heavy atom. The van der Waals surface area contributed by atoms with Crippen molar-refractivity contribution in [3.05, 3.63) is 97.9 Å². The van der Waals surface area contributed by atoms with E-state index in [9.17, 15) is 0 Å². The molecule has 3 aromatic carbocycles. The molecule has 0 amide bonds. The summed E-state index contributed by atoms with van der Waals surface area (Å²) in [5, 5.41) is 0. The van der Waals surface area contributed by atoms with Gasteiger partial charge in [0.15, 0.2) is 6.10 Å². The van der Waals surface area contributed by atoms with Crippen molar-refractivity contribution in [3.63, 3.8) is 0 Å². The van der Waals surface area contributed by atoms with E-state index in [1.165, 1.54) is 0 Å². The largest absolute Gasteiger partial charge is 0.490 e. The highest BCUT2D eigenvalue weighted by molar-refractivity contribution is 5.24. The predicted octanol–water partition coefficient (Wildman–Crippen LogP) is 4.79. The van der Waals surface area contributed by atoms with Crippen LogP contribution >= 0.6 is 0 Å². The number of ether oxygens (including phenoxy) is 3. The highest BCUT2D eigenvalue weighted by Crippen LogP contribution is 2.18. The Kier molecular flexibility index (Phi) is 5.94. The van der Waals surface area contributed by atoms with Gasteiger partial charge in [0.2, 0.25) is 0 Å². The van der Waals surface area contributed by atoms with Gasteiger partial charge in [-0.15, -0.1) is 0 Å². The van der Waals surface area contributed by atoms with Crippen LogP contribution in [0.1, 0.15) is 0 Å². The fourth-order valence-corrected chi connectivity index (χ4v) is 2.34. The fourth-order valence-electron chi connectivity index (χ4n) is 2.34. The minimum Gasteiger partial charge on any atom is -0.490 e. The molecule has 3 heteroatoms. The van der Waals surface area contributed by atoms with E-state index in [1.54, 1.807) is 0 Å². The molecule has 2 unspecified atom stereocenters. The zero-order chi connectivity index (χ0) is 17.3. The first-order valence-corrected chi connectivity index (χ1v) is 8.25. The number of benzene rings is 3. The van der Waals surface area contributed by atoms with Gasteiger partial charge < -0.3 is 14.2 Å². The molecule has 3 nitrogen and oxygen atoms in total. The van der Waals surface area contributed by atoms with Crippen LogP contribution in [-0.4, -0.2) is 18.8 Å². The van der Waals surface area contributed by atoms with Crippen LogP contribution < -0.4 is 14.2 Å². The second-order valence-electron chi connectivity index (χ2n) is 5.56. The first-order chi connectivity index (χ1) is 12.3. The van der Waals surface area contributed by atoms with Crippen molar-refractivity contribution < 1.29 is 14.2 Å². The van der Waals surface area contributed by atoms with Crippen LogP contribution in [0.3, 0.4) is 0 Å². The van der Waals surface area contributed by atoms with Crippen LogP contribution in [0.15, 0.2) is 91.0 Å². The third kappa shape index (κ3) is 5.28. The number of rotatable bonds is 8. The minimum atomic E-state index is -0.425. The highest BCUT2D eigenvalue weighted by Gasteiger charge is 2.22. The number of hydrogen-bond acceptors (Lipinski definition) is 3. The van der Waals surface area contributed by atoms with Gasteiger partial charge in [0.05, 0.1) is 0 Å². The zero-order valence-electron chi connectivity index (χ0n) is 14.0. The van der Waals surface area contributed by atoms with Crippen LogP contribution in [0.25, 0.3) is 0 Å². The highest BCUT2D eigenvalue weighted by atomic mass is 16.6. The molecule has 0 saturated heterocycles. The molecule has 0 saturated carbocycles. The van der Waals surface area contributed by atoms with E-state index in [4.69, 9.17) is 14.2 Å². The van der Waals surface area contributed by atoms with E-state index in [0.717, 1.165) is 17.2 Å². The van der Waals surface area contributed by atoms with Crippen molar-refractivity contribution in [2.24, 2.45) is 0 Å². The average Bonchev–Trinajstić information content (AvgIpc) is 2.67. The summed E-state index contributed by atoms with van der Waals surface area (Å²) in [5.74, 6) is 2.30. The smallest absolute Gasteiger partial charge is 0.169 e. The maximum Gasteiger partial charge on any atom is 0.169 e. The summed E-state index contributed by atoms with van der Waals surface area (Å²) in [6, 6.07) is 28.9. The summed E-state index contributed by atoms with van der Waals surface area (Å²) >= 11 is 0. The lowest BCUT2D eigenvalue weighted by Crippen LogP contribution is -2.39. The SMILES string of the molecule is [CH2]C(Oc1ccccc1)C(COc1ccccc1)Oc1ccccc1. The van der Waals surface area contributed by atoms with Crippen LogP contribution in [0, 0.1) is 6.92 Å². The molecule has 3 aromatic rings. The Morgan fingerprint density at radius 1 is 0.600 bits per heavy atom. The molecule has 0 N–H and O–H groups in total. The standard InChI is InChI=1S/C22H21O3/c1-18(24-20-13-7-3-8-14-20)22(25-21-15-9-4-10-16-21)17-23-19-11-5-2-6-12-19/h2-16,18,22H,1,17H2. The Bertz CT molecular complexity index is 729. The number of hydrogen-bond donors (Lipinski definition) is 0. The van der Waals surface area contributed by atoms with E-state index in [2.05, 4.69) is 6.92 Å². The summed E-state index contributed by atoms with van der Waals surface area (Å²) in [6.45, 7) is 4.45. The Morgan fingerprint density at radius 2 is 1.04 bits per heavy atom. The van der Waals surface area contributed by atoms with Crippen molar-refractivity contribution in [3.8, 4) is 17.2 Å². The van der Waals surface area contributed by atoms with Crippen LogP contribution in [0.4, 0.5) is 0 Å². The quantitative estimate of drug-likeness (QED) is 0.593. The summed E-state index contributed by atoms with van der Waals surface area (Å²) in [5.41, 5.74) is 0. The third-order valence-corrected chi connectivity index (χ3v) is 3.63. The summed E-state index contributed by atoms with van der Waals surface area (Å²) < 4.78 is 17.8. The van der Waals surface area contributed by atoms with Gasteiger partial charge in [0.1, 0.15) is 30.0 Å². The molecule has 3 rings (SSSR count). The molecule has 0 aliphatic heterocycles. The molecule has 0 aliphatic carbocycles. The van der Waals surface area contributed by atoms with Crippen molar-refractivity contribution in [2.75, 3.05) is 6.61 Å². The van der Waals surface area contributed by atoms with Gasteiger partial charge >= 0.3 is 0 Å². The molecule has 1 radical (unpaired) electrons. The lowest BCUT2D eigenvalue weighted by Gasteiger charge is -2.26. The molecular weight excluding hydrogens is 312 g/mol. The Balaban J connectivity index is 1.68. The third-order valence-electron chi connectivity index (χ3n) is 3.63. The molecule has 0 bridgehead atoms. The lowest BCUT2D eigenvalue weighted by atomic mass is 10.2. The maximum absolute atomic E-state index is 6.06. The maximum atomic E-state index is 6.06. The van der Waals surface area contributed by atoms with Gasteiger partial charge in [0.25, 0.3) is 0 Å². The molecule has 0 fully saturated rings. The van der Waals surface area contributed by atoms with Crippen molar-refractivity contribution in [1.82, 2.24) is 0 Å². The van der Waals surface area contributed by atoms with Gasteiger partial charge in [0, 0.05) is 0 Å². The summed E-state index contributed by atoms with van der Waals surface area (Å²) in [6.07, 6.45) is -0.783. The average molecular weight is 333 g/mol. The second kappa shape index (κ2) is 8.78. The Labute approximate surface area is 148 Å². The first kappa shape index (κ1) is 16.9. The van der Waals surface area contributed by atoms with Crippen molar-refractivity contribution >= 4 is 0 Å². The molecule has 127 valence electrons. The molecular formula is C22H21O3. The van der Waals surface area contributed by atoms with Gasteiger partial charge in [-0.25, -0.2) is 0 Å². The van der Waals surface area contributed by atoms with Gasteiger partial charge in [-0.2, -0.15) is 0 Å². The normalized spacial score (nSPS) is 12.8. The van der Waals surface area contributed by atoms with E-state index in [1.807, 2.05) is 91.0 Å². The minimum absolute atomic E-state index is 0.333. The topological polar surface area (TPSA) is 27.7 Å². The summed E-state index contributed by atoms with van der Waals surface area (Å²) in [4.78, 5) is 0. The molecule has 0 aliphatic rings. The summed E-state index contributed by atoms with van der Waals surface area (Å²) in [7, 11) is 0. The van der Waals surface area contributed by atoms with E-state index < -0.39 is 6.10 Å². The molecule has 0 aromatic heterocycles. The first-order valence-electron chi connectivity index (χ1n) is 8.25. The lowest BCUT2D eigenvalue weighted by molar-refractivity contribution is 0.0447. The predicted molar refractivity (Wildman–Crippen MR) is 99.0 cm³/mol. The number of para-hydroxylation sites is 3. The van der Waals surface area contributed by atoms with Crippen molar-refractivity contribution in [1.29, 1.82) is 0 Å². The van der Waals surface area contributed by atoms with Gasteiger partial charge in [-0.1, -0.05) is 54.6 Å². The Hall–Kier alpha value is -2.94. The van der Waals surface area contributed by atoms with E-state index >= 15 is 0 Å². The van der Waals surface area contributed by atoms with E-state index in [0.29, 0.717) is 6.61 Å². The molecule has 0 spiro atoms. The van der Waals surface area contributed by atoms with Gasteiger partial charge in [-0.05, 0) is 43.3 Å². The monoisotopic (exact) mass is 333 g/mol. The molecule has 2 atom stereocenters.